The minimum atomic E-state index is -4.96. The van der Waals surface area contributed by atoms with E-state index >= 15 is 0 Å². The number of rotatable bonds is 81. The number of esters is 4. The fourth-order valence-electron chi connectivity index (χ4n) is 12.7. The summed E-state index contributed by atoms with van der Waals surface area (Å²) >= 11 is 0. The second-order valence-corrected chi connectivity index (χ2v) is 33.4. The van der Waals surface area contributed by atoms with Crippen LogP contribution in [0.2, 0.25) is 0 Å². The molecule has 0 spiro atoms. The fraction of sp³-hybridized carbons (Fsp3) is 0.951. The van der Waals surface area contributed by atoms with Crippen LogP contribution >= 0.6 is 15.6 Å². The molecule has 0 saturated carbocycles. The van der Waals surface area contributed by atoms with E-state index in [2.05, 4.69) is 41.5 Å². The minimum absolute atomic E-state index is 0.108. The number of aliphatic hydroxyl groups excluding tert-OH is 1. The van der Waals surface area contributed by atoms with Crippen LogP contribution in [0.1, 0.15) is 433 Å². The molecule has 0 aromatic rings. The first-order valence-corrected chi connectivity index (χ1v) is 45.5. The van der Waals surface area contributed by atoms with Crippen molar-refractivity contribution in [2.24, 2.45) is 11.8 Å². The smallest absolute Gasteiger partial charge is 0.462 e. The highest BCUT2D eigenvalue weighted by Crippen LogP contribution is 2.45. The van der Waals surface area contributed by atoms with Gasteiger partial charge in [-0.25, -0.2) is 9.13 Å². The Labute approximate surface area is 619 Å². The standard InChI is InChI=1S/C82H160O17P2/c1-7-9-11-13-15-17-19-21-23-28-32-36-40-46-52-58-64-79(84)92-70-77(98-81(86)66-61-55-48-42-38-34-30-26-25-27-31-35-39-44-50-56-62-74(3)4)72-96-100(88,89)94-68-76(83)69-95-101(90,91)97-73-78(71-93-80(85)65-59-53-49-43-45-51-57-63-75(5)6)99-82(87)67-60-54-47-41-37-33-29-24-22-20-18-16-14-12-10-8-2/h74-78,83H,7-73H2,1-6H3,(H,88,89)(H,90,91)/t76-,77-,78-/m1/s1. The maximum Gasteiger partial charge on any atom is 0.472 e. The van der Waals surface area contributed by atoms with Crippen LogP contribution in [-0.2, 0) is 65.4 Å². The van der Waals surface area contributed by atoms with Crippen molar-refractivity contribution >= 4 is 39.5 Å². The van der Waals surface area contributed by atoms with Crippen LogP contribution in [0.4, 0.5) is 0 Å². The molecule has 101 heavy (non-hydrogen) atoms. The molecule has 600 valence electrons. The molecule has 0 aromatic carbocycles. The number of aliphatic hydroxyl groups is 1. The SMILES string of the molecule is CCCCCCCCCCCCCCCCCCC(=O)OC[C@H](COP(=O)(O)OC[C@@H](O)COP(=O)(O)OC[C@@H](COC(=O)CCCCCCCCCC(C)C)OC(=O)CCCCCCCCCCCCCCCCCC)OC(=O)CCCCCCCCCCCCCCCCCCC(C)C. The van der Waals surface area contributed by atoms with E-state index in [1.54, 1.807) is 0 Å². The van der Waals surface area contributed by atoms with Gasteiger partial charge >= 0.3 is 39.5 Å². The average molecular weight is 1480 g/mol. The first kappa shape index (κ1) is 99.1. The molecule has 0 fully saturated rings. The van der Waals surface area contributed by atoms with Crippen molar-refractivity contribution in [3.05, 3.63) is 0 Å². The van der Waals surface area contributed by atoms with Crippen molar-refractivity contribution in [3.8, 4) is 0 Å². The lowest BCUT2D eigenvalue weighted by atomic mass is 10.0. The first-order chi connectivity index (χ1) is 48.9. The van der Waals surface area contributed by atoms with E-state index < -0.39 is 97.5 Å². The van der Waals surface area contributed by atoms with Gasteiger partial charge in [-0.1, -0.05) is 382 Å². The van der Waals surface area contributed by atoms with Crippen LogP contribution < -0.4 is 0 Å². The highest BCUT2D eigenvalue weighted by molar-refractivity contribution is 7.47. The topological polar surface area (TPSA) is 237 Å². The van der Waals surface area contributed by atoms with Gasteiger partial charge in [-0.05, 0) is 37.5 Å². The minimum Gasteiger partial charge on any atom is -0.462 e. The highest BCUT2D eigenvalue weighted by Gasteiger charge is 2.30. The fourth-order valence-corrected chi connectivity index (χ4v) is 14.3. The summed E-state index contributed by atoms with van der Waals surface area (Å²) in [6, 6.07) is 0. The molecule has 19 heteroatoms. The van der Waals surface area contributed by atoms with Gasteiger partial charge in [0.15, 0.2) is 12.2 Å². The molecule has 0 radical (unpaired) electrons. The predicted molar refractivity (Wildman–Crippen MR) is 414 cm³/mol. The Balaban J connectivity index is 5.24. The van der Waals surface area contributed by atoms with Crippen molar-refractivity contribution in [3.63, 3.8) is 0 Å². The van der Waals surface area contributed by atoms with E-state index in [1.165, 1.54) is 244 Å². The molecular weight excluding hydrogens is 1320 g/mol. The van der Waals surface area contributed by atoms with Crippen molar-refractivity contribution < 1.29 is 80.2 Å². The maximum absolute atomic E-state index is 13.1. The summed E-state index contributed by atoms with van der Waals surface area (Å²) < 4.78 is 68.8. The Morgan fingerprint density at radius 1 is 0.267 bits per heavy atom. The molecule has 0 saturated heterocycles. The molecule has 0 aliphatic heterocycles. The van der Waals surface area contributed by atoms with E-state index in [0.29, 0.717) is 31.6 Å². The molecule has 0 amide bonds. The number of ether oxygens (including phenoxy) is 4. The molecular formula is C82H160O17P2. The third-order valence-electron chi connectivity index (χ3n) is 19.2. The molecule has 3 N–H and O–H groups in total. The van der Waals surface area contributed by atoms with Gasteiger partial charge in [-0.15, -0.1) is 0 Å². The average Bonchev–Trinajstić information content (AvgIpc) is 1.05. The number of phosphoric acid groups is 2. The zero-order chi connectivity index (χ0) is 74.2. The van der Waals surface area contributed by atoms with E-state index in [-0.39, 0.29) is 25.7 Å². The predicted octanol–water partition coefficient (Wildman–Crippen LogP) is 24.7. The maximum atomic E-state index is 13.1. The first-order valence-electron chi connectivity index (χ1n) is 42.5. The van der Waals surface area contributed by atoms with E-state index in [9.17, 15) is 43.2 Å². The van der Waals surface area contributed by atoms with Crippen LogP contribution in [0.5, 0.6) is 0 Å². The third kappa shape index (κ3) is 76.1. The highest BCUT2D eigenvalue weighted by atomic mass is 31.2. The zero-order valence-electron chi connectivity index (χ0n) is 66.2. The molecule has 0 aromatic heterocycles. The summed E-state index contributed by atoms with van der Waals surface area (Å²) in [6.07, 6.45) is 63.9. The van der Waals surface area contributed by atoms with Crippen LogP contribution in [0.15, 0.2) is 0 Å². The van der Waals surface area contributed by atoms with Crippen molar-refractivity contribution in [1.29, 1.82) is 0 Å². The van der Waals surface area contributed by atoms with Gasteiger partial charge in [0.2, 0.25) is 0 Å². The normalized spacial score (nSPS) is 13.9. The molecule has 0 bridgehead atoms. The summed E-state index contributed by atoms with van der Waals surface area (Å²) in [6.45, 7) is 9.63. The monoisotopic (exact) mass is 1480 g/mol. The summed E-state index contributed by atoms with van der Waals surface area (Å²) in [4.78, 5) is 73.1. The third-order valence-corrected chi connectivity index (χ3v) is 21.1. The zero-order valence-corrected chi connectivity index (χ0v) is 68.0. The lowest BCUT2D eigenvalue weighted by Gasteiger charge is -2.21. The van der Waals surface area contributed by atoms with Crippen molar-refractivity contribution in [2.75, 3.05) is 39.6 Å². The number of carbonyl (C=O) groups is 4. The van der Waals surface area contributed by atoms with Crippen LogP contribution in [0, 0.1) is 11.8 Å². The molecule has 0 heterocycles. The molecule has 0 aliphatic carbocycles. The Bertz CT molecular complexity index is 1940. The number of carbonyl (C=O) groups excluding carboxylic acids is 4. The van der Waals surface area contributed by atoms with Crippen molar-refractivity contribution in [1.82, 2.24) is 0 Å². The van der Waals surface area contributed by atoms with Gasteiger partial charge in [0.05, 0.1) is 26.4 Å². The second kappa shape index (κ2) is 73.6. The van der Waals surface area contributed by atoms with Crippen LogP contribution in [-0.4, -0.2) is 96.7 Å². The number of phosphoric ester groups is 2. The van der Waals surface area contributed by atoms with Gasteiger partial charge < -0.3 is 33.8 Å². The largest absolute Gasteiger partial charge is 0.472 e. The number of unbranched alkanes of at least 4 members (excludes halogenated alkanes) is 51. The van der Waals surface area contributed by atoms with E-state index in [0.717, 1.165) is 102 Å². The lowest BCUT2D eigenvalue weighted by molar-refractivity contribution is -0.161. The van der Waals surface area contributed by atoms with Gasteiger partial charge in [0.1, 0.15) is 19.3 Å². The van der Waals surface area contributed by atoms with Gasteiger partial charge in [0.25, 0.3) is 0 Å². The summed E-state index contributed by atoms with van der Waals surface area (Å²) in [7, 11) is -9.92. The Morgan fingerprint density at radius 3 is 0.673 bits per heavy atom. The Morgan fingerprint density at radius 2 is 0.455 bits per heavy atom. The Kier molecular flexibility index (Phi) is 72.2. The van der Waals surface area contributed by atoms with Gasteiger partial charge in [-0.3, -0.25) is 37.3 Å². The molecule has 17 nitrogen and oxygen atoms in total. The van der Waals surface area contributed by atoms with E-state index in [4.69, 9.17) is 37.0 Å². The number of hydrogen-bond donors (Lipinski definition) is 3. The van der Waals surface area contributed by atoms with Gasteiger partial charge in [-0.2, -0.15) is 0 Å². The summed E-state index contributed by atoms with van der Waals surface area (Å²) in [5.41, 5.74) is 0. The summed E-state index contributed by atoms with van der Waals surface area (Å²) in [5.74, 6) is -0.592. The quantitative estimate of drug-likeness (QED) is 0.0222. The van der Waals surface area contributed by atoms with Gasteiger partial charge in [0, 0.05) is 25.7 Å². The van der Waals surface area contributed by atoms with Crippen LogP contribution in [0.3, 0.4) is 0 Å². The second-order valence-electron chi connectivity index (χ2n) is 30.5. The molecule has 2 unspecified atom stereocenters. The molecule has 0 aliphatic rings. The summed E-state index contributed by atoms with van der Waals surface area (Å²) in [5, 5.41) is 10.6. The van der Waals surface area contributed by atoms with E-state index in [1.807, 2.05) is 0 Å². The Hall–Kier alpha value is -1.94. The van der Waals surface area contributed by atoms with Crippen molar-refractivity contribution in [2.45, 2.75) is 452 Å². The number of hydrogen-bond acceptors (Lipinski definition) is 15. The van der Waals surface area contributed by atoms with Crippen LogP contribution in [0.25, 0.3) is 0 Å². The molecule has 0 rings (SSSR count). The lowest BCUT2D eigenvalue weighted by Crippen LogP contribution is -2.30. The molecule has 5 atom stereocenters.